The molecule has 2 N–H and O–H groups in total. The SMILES string of the molecule is O=C(O)c1cccc(Nc2nc(Cl)nc3sccc23)c1. The Morgan fingerprint density at radius 3 is 2.95 bits per heavy atom. The van der Waals surface area contributed by atoms with Crippen LogP contribution < -0.4 is 5.32 Å². The van der Waals surface area contributed by atoms with Crippen LogP contribution in [-0.4, -0.2) is 21.0 Å². The van der Waals surface area contributed by atoms with Gasteiger partial charge in [-0.05, 0) is 41.2 Å². The van der Waals surface area contributed by atoms with Crippen molar-refractivity contribution in [1.82, 2.24) is 9.97 Å². The van der Waals surface area contributed by atoms with E-state index in [9.17, 15) is 4.79 Å². The molecule has 2 aromatic heterocycles. The highest BCUT2D eigenvalue weighted by molar-refractivity contribution is 7.16. The molecule has 0 spiro atoms. The topological polar surface area (TPSA) is 75.1 Å². The summed E-state index contributed by atoms with van der Waals surface area (Å²) in [5.74, 6) is -0.418. The van der Waals surface area contributed by atoms with Gasteiger partial charge < -0.3 is 10.4 Å². The Morgan fingerprint density at radius 1 is 1.30 bits per heavy atom. The molecule has 0 bridgehead atoms. The fourth-order valence-corrected chi connectivity index (χ4v) is 2.77. The number of rotatable bonds is 3. The van der Waals surface area contributed by atoms with Crippen molar-refractivity contribution < 1.29 is 9.90 Å². The minimum atomic E-state index is -0.977. The van der Waals surface area contributed by atoms with Crippen LogP contribution in [0.15, 0.2) is 35.7 Å². The van der Waals surface area contributed by atoms with E-state index in [0.29, 0.717) is 11.5 Å². The number of benzene rings is 1. The smallest absolute Gasteiger partial charge is 0.335 e. The number of fused-ring (bicyclic) bond motifs is 1. The number of hydrogen-bond acceptors (Lipinski definition) is 5. The molecule has 0 aliphatic heterocycles. The van der Waals surface area contributed by atoms with Gasteiger partial charge in [-0.3, -0.25) is 0 Å². The summed E-state index contributed by atoms with van der Waals surface area (Å²) in [5, 5.41) is 15.0. The van der Waals surface area contributed by atoms with E-state index < -0.39 is 5.97 Å². The molecule has 0 saturated heterocycles. The van der Waals surface area contributed by atoms with Crippen molar-refractivity contribution in [1.29, 1.82) is 0 Å². The Morgan fingerprint density at radius 2 is 2.15 bits per heavy atom. The minimum Gasteiger partial charge on any atom is -0.478 e. The second kappa shape index (κ2) is 5.07. The molecule has 3 aromatic rings. The number of halogens is 1. The quantitative estimate of drug-likeness (QED) is 0.720. The Kier molecular flexibility index (Phi) is 3.25. The number of aromatic carboxylic acids is 1. The van der Waals surface area contributed by atoms with Gasteiger partial charge in [-0.1, -0.05) is 6.07 Å². The van der Waals surface area contributed by atoms with Crippen LogP contribution in [0, 0.1) is 0 Å². The first kappa shape index (κ1) is 12.8. The van der Waals surface area contributed by atoms with Crippen molar-refractivity contribution in [3.05, 3.63) is 46.6 Å². The summed E-state index contributed by atoms with van der Waals surface area (Å²) in [6.07, 6.45) is 0. The summed E-state index contributed by atoms with van der Waals surface area (Å²) >= 11 is 7.34. The third-order valence-electron chi connectivity index (χ3n) is 2.67. The standard InChI is InChI=1S/C13H8ClN3O2S/c14-13-16-10(9-4-5-20-11(9)17-13)15-8-3-1-2-7(6-8)12(18)19/h1-6H,(H,18,19)(H,15,16,17). The number of carboxylic acid groups (broad SMARTS) is 1. The fraction of sp³-hybridized carbons (Fsp3) is 0. The number of aromatic nitrogens is 2. The van der Waals surface area contributed by atoms with Gasteiger partial charge in [0.15, 0.2) is 0 Å². The number of carboxylic acids is 1. The van der Waals surface area contributed by atoms with E-state index in [-0.39, 0.29) is 10.8 Å². The van der Waals surface area contributed by atoms with E-state index in [1.54, 1.807) is 12.1 Å². The van der Waals surface area contributed by atoms with Crippen molar-refractivity contribution in [3.63, 3.8) is 0 Å². The summed E-state index contributed by atoms with van der Waals surface area (Å²) < 4.78 is 0. The van der Waals surface area contributed by atoms with Gasteiger partial charge in [0.1, 0.15) is 10.6 Å². The molecule has 0 atom stereocenters. The molecule has 0 amide bonds. The average Bonchev–Trinajstić information content (AvgIpc) is 2.87. The van der Waals surface area contributed by atoms with Gasteiger partial charge in [-0.15, -0.1) is 11.3 Å². The summed E-state index contributed by atoms with van der Waals surface area (Å²) in [7, 11) is 0. The van der Waals surface area contributed by atoms with E-state index in [0.717, 1.165) is 10.2 Å². The molecule has 0 unspecified atom stereocenters. The number of nitrogens with zero attached hydrogens (tertiary/aromatic N) is 2. The van der Waals surface area contributed by atoms with Crippen LogP contribution in [0.2, 0.25) is 5.28 Å². The highest BCUT2D eigenvalue weighted by Crippen LogP contribution is 2.28. The third-order valence-corrected chi connectivity index (χ3v) is 3.65. The van der Waals surface area contributed by atoms with Crippen LogP contribution in [0.3, 0.4) is 0 Å². The molecule has 2 heterocycles. The van der Waals surface area contributed by atoms with Gasteiger partial charge in [0, 0.05) is 5.69 Å². The summed E-state index contributed by atoms with van der Waals surface area (Å²) in [5.41, 5.74) is 0.837. The first-order valence-electron chi connectivity index (χ1n) is 5.64. The summed E-state index contributed by atoms with van der Waals surface area (Å²) in [6.45, 7) is 0. The zero-order valence-electron chi connectivity index (χ0n) is 10.0. The highest BCUT2D eigenvalue weighted by atomic mass is 35.5. The maximum atomic E-state index is 11.0. The first-order valence-corrected chi connectivity index (χ1v) is 6.90. The second-order valence-electron chi connectivity index (χ2n) is 3.99. The summed E-state index contributed by atoms with van der Waals surface area (Å²) in [6, 6.07) is 8.39. The fourth-order valence-electron chi connectivity index (χ4n) is 1.79. The largest absolute Gasteiger partial charge is 0.478 e. The molecule has 3 rings (SSSR count). The van der Waals surface area contributed by atoms with E-state index in [4.69, 9.17) is 16.7 Å². The van der Waals surface area contributed by atoms with Crippen LogP contribution in [0.1, 0.15) is 10.4 Å². The molecule has 5 nitrogen and oxygen atoms in total. The Labute approximate surface area is 122 Å². The van der Waals surface area contributed by atoms with Crippen molar-refractivity contribution in [2.45, 2.75) is 0 Å². The normalized spacial score (nSPS) is 10.7. The van der Waals surface area contributed by atoms with Gasteiger partial charge in [0.05, 0.1) is 10.9 Å². The monoisotopic (exact) mass is 305 g/mol. The van der Waals surface area contributed by atoms with Crippen LogP contribution in [0.4, 0.5) is 11.5 Å². The number of carbonyl (C=O) groups is 1. The van der Waals surface area contributed by atoms with Crippen molar-refractivity contribution in [2.75, 3.05) is 5.32 Å². The molecule has 1 aromatic carbocycles. The molecule has 0 radical (unpaired) electrons. The van der Waals surface area contributed by atoms with Gasteiger partial charge >= 0.3 is 5.97 Å². The lowest BCUT2D eigenvalue weighted by Crippen LogP contribution is -1.99. The average molecular weight is 306 g/mol. The zero-order valence-corrected chi connectivity index (χ0v) is 11.6. The minimum absolute atomic E-state index is 0.150. The van der Waals surface area contributed by atoms with Crippen LogP contribution in [0.5, 0.6) is 0 Å². The molecule has 0 fully saturated rings. The molecule has 20 heavy (non-hydrogen) atoms. The van der Waals surface area contributed by atoms with Gasteiger partial charge in [0.25, 0.3) is 0 Å². The van der Waals surface area contributed by atoms with Crippen LogP contribution >= 0.6 is 22.9 Å². The lowest BCUT2D eigenvalue weighted by atomic mass is 10.2. The van der Waals surface area contributed by atoms with Gasteiger partial charge in [-0.2, -0.15) is 4.98 Å². The molecule has 7 heteroatoms. The predicted octanol–water partition coefficient (Wildman–Crippen LogP) is 3.79. The van der Waals surface area contributed by atoms with E-state index >= 15 is 0 Å². The molecular formula is C13H8ClN3O2S. The number of anilines is 2. The molecule has 0 aliphatic carbocycles. The van der Waals surface area contributed by atoms with E-state index in [1.165, 1.54) is 23.5 Å². The third kappa shape index (κ3) is 2.43. The maximum absolute atomic E-state index is 11.0. The Balaban J connectivity index is 2.02. The van der Waals surface area contributed by atoms with Crippen molar-refractivity contribution >= 4 is 50.6 Å². The van der Waals surface area contributed by atoms with Gasteiger partial charge in [-0.25, -0.2) is 9.78 Å². The zero-order chi connectivity index (χ0) is 14.1. The maximum Gasteiger partial charge on any atom is 0.335 e. The molecule has 0 aliphatic rings. The van der Waals surface area contributed by atoms with Gasteiger partial charge in [0.2, 0.25) is 5.28 Å². The first-order chi connectivity index (χ1) is 9.63. The Bertz CT molecular complexity index is 803. The van der Waals surface area contributed by atoms with E-state index in [2.05, 4.69) is 15.3 Å². The molecular weight excluding hydrogens is 298 g/mol. The lowest BCUT2D eigenvalue weighted by Gasteiger charge is -2.07. The van der Waals surface area contributed by atoms with Crippen molar-refractivity contribution in [3.8, 4) is 0 Å². The second-order valence-corrected chi connectivity index (χ2v) is 5.22. The summed E-state index contributed by atoms with van der Waals surface area (Å²) in [4.78, 5) is 20.0. The number of hydrogen-bond donors (Lipinski definition) is 2. The van der Waals surface area contributed by atoms with E-state index in [1.807, 2.05) is 11.4 Å². The molecule has 100 valence electrons. The molecule has 0 saturated carbocycles. The van der Waals surface area contributed by atoms with Crippen LogP contribution in [-0.2, 0) is 0 Å². The van der Waals surface area contributed by atoms with Crippen LogP contribution in [0.25, 0.3) is 10.2 Å². The predicted molar refractivity (Wildman–Crippen MR) is 79.1 cm³/mol. The van der Waals surface area contributed by atoms with Crippen molar-refractivity contribution in [2.24, 2.45) is 0 Å². The highest BCUT2D eigenvalue weighted by Gasteiger charge is 2.09. The lowest BCUT2D eigenvalue weighted by molar-refractivity contribution is 0.0697. The Hall–Kier alpha value is -2.18. The number of thiophene rings is 1. The number of nitrogens with one attached hydrogen (secondary N) is 1.